The van der Waals surface area contributed by atoms with E-state index in [0.29, 0.717) is 83.5 Å². The molecule has 2 fully saturated rings. The zero-order chi connectivity index (χ0) is 23.9. The molecule has 0 bridgehead atoms. The van der Waals surface area contributed by atoms with Gasteiger partial charge in [-0.05, 0) is 30.7 Å². The van der Waals surface area contributed by atoms with E-state index in [1.165, 1.54) is 9.80 Å². The van der Waals surface area contributed by atoms with E-state index in [-0.39, 0.29) is 5.91 Å². The Hall–Kier alpha value is -3.47. The lowest BCUT2D eigenvalue weighted by atomic mass is 10.2. The molecule has 0 N–H and O–H groups in total. The molecule has 2 aromatic rings. The SMILES string of the molecule is COc1ccc(-c2noc(CCCC(=O)N3CCN(C(=O)C(=O)N4CCOCC4)CC3)n2)cc1. The van der Waals surface area contributed by atoms with Gasteiger partial charge in [-0.1, -0.05) is 5.16 Å². The minimum absolute atomic E-state index is 0.0153. The van der Waals surface area contributed by atoms with Gasteiger partial charge < -0.3 is 28.7 Å². The molecule has 0 spiro atoms. The molecule has 2 aliphatic heterocycles. The van der Waals surface area contributed by atoms with Crippen molar-refractivity contribution in [3.63, 3.8) is 0 Å². The summed E-state index contributed by atoms with van der Waals surface area (Å²) in [4.78, 5) is 46.7. The van der Waals surface area contributed by atoms with Crippen LogP contribution in [0.15, 0.2) is 28.8 Å². The topological polar surface area (TPSA) is 118 Å². The van der Waals surface area contributed by atoms with Gasteiger partial charge >= 0.3 is 11.8 Å². The summed E-state index contributed by atoms with van der Waals surface area (Å²) in [6.45, 7) is 3.33. The highest BCUT2D eigenvalue weighted by Crippen LogP contribution is 2.20. The Balaban J connectivity index is 1.18. The van der Waals surface area contributed by atoms with Crippen molar-refractivity contribution in [1.82, 2.24) is 24.8 Å². The fourth-order valence-electron chi connectivity index (χ4n) is 3.96. The first-order valence-electron chi connectivity index (χ1n) is 11.5. The van der Waals surface area contributed by atoms with Crippen molar-refractivity contribution >= 4 is 17.7 Å². The second-order valence-corrected chi connectivity index (χ2v) is 8.17. The molecule has 2 saturated heterocycles. The minimum atomic E-state index is -0.502. The van der Waals surface area contributed by atoms with E-state index in [9.17, 15) is 14.4 Å². The number of hydrogen-bond acceptors (Lipinski definition) is 8. The normalized spacial score (nSPS) is 16.4. The van der Waals surface area contributed by atoms with E-state index in [4.69, 9.17) is 14.0 Å². The Morgan fingerprint density at radius 1 is 0.912 bits per heavy atom. The van der Waals surface area contributed by atoms with Gasteiger partial charge in [0.25, 0.3) is 0 Å². The molecule has 3 amide bonds. The highest BCUT2D eigenvalue weighted by molar-refractivity contribution is 6.34. The molecule has 182 valence electrons. The van der Waals surface area contributed by atoms with Crippen LogP contribution in [0.1, 0.15) is 18.7 Å². The number of carbonyl (C=O) groups excluding carboxylic acids is 3. The maximum atomic E-state index is 12.6. The summed E-state index contributed by atoms with van der Waals surface area (Å²) in [6, 6.07) is 7.37. The second-order valence-electron chi connectivity index (χ2n) is 8.17. The maximum Gasteiger partial charge on any atom is 0.312 e. The van der Waals surface area contributed by atoms with Crippen LogP contribution >= 0.6 is 0 Å². The van der Waals surface area contributed by atoms with Crippen LogP contribution in [-0.2, 0) is 25.5 Å². The largest absolute Gasteiger partial charge is 0.497 e. The lowest BCUT2D eigenvalue weighted by Gasteiger charge is -2.36. The highest BCUT2D eigenvalue weighted by atomic mass is 16.5. The first-order chi connectivity index (χ1) is 16.5. The van der Waals surface area contributed by atoms with Gasteiger partial charge in [0.1, 0.15) is 5.75 Å². The molecule has 0 saturated carbocycles. The molecule has 0 unspecified atom stereocenters. The van der Waals surface area contributed by atoms with Crippen LogP contribution < -0.4 is 4.74 Å². The van der Waals surface area contributed by atoms with E-state index in [1.807, 2.05) is 24.3 Å². The second kappa shape index (κ2) is 11.1. The van der Waals surface area contributed by atoms with E-state index in [1.54, 1.807) is 12.0 Å². The number of benzene rings is 1. The monoisotopic (exact) mass is 471 g/mol. The average Bonchev–Trinajstić information content (AvgIpc) is 3.37. The van der Waals surface area contributed by atoms with Gasteiger partial charge in [-0.25, -0.2) is 0 Å². The third kappa shape index (κ3) is 5.71. The molecular formula is C23H29N5O6. The average molecular weight is 472 g/mol. The number of morpholine rings is 1. The van der Waals surface area contributed by atoms with Crippen LogP contribution in [0.4, 0.5) is 0 Å². The maximum absolute atomic E-state index is 12.6. The number of ether oxygens (including phenoxy) is 2. The van der Waals surface area contributed by atoms with Crippen LogP contribution in [0.3, 0.4) is 0 Å². The summed E-state index contributed by atoms with van der Waals surface area (Å²) in [5.41, 5.74) is 0.825. The Labute approximate surface area is 197 Å². The number of nitrogens with zero attached hydrogens (tertiary/aromatic N) is 5. The van der Waals surface area contributed by atoms with Crippen LogP contribution in [0, 0.1) is 0 Å². The molecule has 0 aliphatic carbocycles. The van der Waals surface area contributed by atoms with E-state index < -0.39 is 11.8 Å². The summed E-state index contributed by atoms with van der Waals surface area (Å²) < 4.78 is 15.7. The minimum Gasteiger partial charge on any atom is -0.497 e. The lowest BCUT2D eigenvalue weighted by molar-refractivity contribution is -0.155. The number of aryl methyl sites for hydroxylation is 1. The predicted molar refractivity (Wildman–Crippen MR) is 120 cm³/mol. The lowest BCUT2D eigenvalue weighted by Crippen LogP contribution is -2.55. The number of piperazine rings is 1. The zero-order valence-corrected chi connectivity index (χ0v) is 19.3. The third-order valence-electron chi connectivity index (χ3n) is 6.00. The summed E-state index contributed by atoms with van der Waals surface area (Å²) in [7, 11) is 1.61. The Bertz CT molecular complexity index is 994. The predicted octanol–water partition coefficient (Wildman–Crippen LogP) is 0.598. The number of hydrogen-bond donors (Lipinski definition) is 0. The van der Waals surface area contributed by atoms with Crippen molar-refractivity contribution in [2.24, 2.45) is 0 Å². The molecule has 2 aliphatic rings. The molecule has 0 atom stereocenters. The molecule has 1 aromatic carbocycles. The van der Waals surface area contributed by atoms with Gasteiger partial charge in [0.15, 0.2) is 0 Å². The number of amides is 3. The smallest absolute Gasteiger partial charge is 0.312 e. The molecule has 1 aromatic heterocycles. The standard InChI is InChI=1S/C23H29N5O6/c1-32-18-7-5-17(6-8-18)21-24-19(34-25-21)3-2-4-20(29)26-9-11-27(12-10-26)22(30)23(31)28-13-15-33-16-14-28/h5-8H,2-4,9-16H2,1H3. The van der Waals surface area contributed by atoms with Gasteiger partial charge in [0.05, 0.1) is 20.3 Å². The molecule has 11 nitrogen and oxygen atoms in total. The first kappa shape index (κ1) is 23.7. The van der Waals surface area contributed by atoms with Gasteiger partial charge in [-0.15, -0.1) is 0 Å². The van der Waals surface area contributed by atoms with Gasteiger partial charge in [0, 0.05) is 57.7 Å². The highest BCUT2D eigenvalue weighted by Gasteiger charge is 2.31. The Morgan fingerprint density at radius 2 is 1.53 bits per heavy atom. The Kier molecular flexibility index (Phi) is 7.73. The van der Waals surface area contributed by atoms with E-state index in [0.717, 1.165) is 11.3 Å². The molecule has 3 heterocycles. The van der Waals surface area contributed by atoms with Crippen LogP contribution in [0.2, 0.25) is 0 Å². The molecular weight excluding hydrogens is 442 g/mol. The van der Waals surface area contributed by atoms with Crippen molar-refractivity contribution in [3.05, 3.63) is 30.2 Å². The van der Waals surface area contributed by atoms with Crippen molar-refractivity contribution in [3.8, 4) is 17.1 Å². The van der Waals surface area contributed by atoms with E-state index in [2.05, 4.69) is 10.1 Å². The number of carbonyl (C=O) groups is 3. The number of rotatable bonds is 6. The fraction of sp³-hybridized carbons (Fsp3) is 0.522. The van der Waals surface area contributed by atoms with Gasteiger partial charge in [-0.2, -0.15) is 4.98 Å². The van der Waals surface area contributed by atoms with Crippen LogP contribution in [0.25, 0.3) is 11.4 Å². The van der Waals surface area contributed by atoms with Crippen LogP contribution in [0.5, 0.6) is 5.75 Å². The summed E-state index contributed by atoms with van der Waals surface area (Å²) in [6.07, 6.45) is 1.43. The third-order valence-corrected chi connectivity index (χ3v) is 6.00. The summed E-state index contributed by atoms with van der Waals surface area (Å²) >= 11 is 0. The Morgan fingerprint density at radius 3 is 2.18 bits per heavy atom. The van der Waals surface area contributed by atoms with Gasteiger partial charge in [-0.3, -0.25) is 14.4 Å². The molecule has 34 heavy (non-hydrogen) atoms. The fourth-order valence-corrected chi connectivity index (χ4v) is 3.96. The quantitative estimate of drug-likeness (QED) is 0.562. The zero-order valence-electron chi connectivity index (χ0n) is 19.3. The molecule has 4 rings (SSSR count). The summed E-state index contributed by atoms with van der Waals surface area (Å²) in [5, 5.41) is 4.00. The van der Waals surface area contributed by atoms with Crippen molar-refractivity contribution < 1.29 is 28.4 Å². The van der Waals surface area contributed by atoms with Crippen LogP contribution in [-0.4, -0.2) is 102 Å². The first-order valence-corrected chi connectivity index (χ1v) is 11.5. The molecule has 0 radical (unpaired) electrons. The number of aromatic nitrogens is 2. The molecule has 11 heteroatoms. The van der Waals surface area contributed by atoms with Crippen molar-refractivity contribution in [2.75, 3.05) is 59.6 Å². The van der Waals surface area contributed by atoms with E-state index >= 15 is 0 Å². The summed E-state index contributed by atoms with van der Waals surface area (Å²) in [5.74, 6) is 0.753. The van der Waals surface area contributed by atoms with Gasteiger partial charge in [0.2, 0.25) is 17.6 Å². The number of methoxy groups -OCH3 is 1. The van der Waals surface area contributed by atoms with Crippen molar-refractivity contribution in [1.29, 1.82) is 0 Å². The van der Waals surface area contributed by atoms with Crippen molar-refractivity contribution in [2.45, 2.75) is 19.3 Å².